The monoisotopic (exact) mass is 666 g/mol. The molecule has 12 heteroatoms. The summed E-state index contributed by atoms with van der Waals surface area (Å²) in [5.74, 6) is -3.28. The maximum Gasteiger partial charge on any atom is 0.312 e. The molecule has 4 saturated heterocycles. The number of amides is 3. The van der Waals surface area contributed by atoms with Crippen LogP contribution in [0.15, 0.2) is 55.6 Å². The summed E-state index contributed by atoms with van der Waals surface area (Å²) in [4.78, 5) is 60.7. The number of fused-ring (bicyclic) bond motifs is 1. The van der Waals surface area contributed by atoms with Gasteiger partial charge < -0.3 is 34.4 Å². The SMILES string of the molecule is C=CCCC(=O)NC[C@@H](C)OC(=O)[C@@H]1[C@H]2C(=O)N([C@@H](CO)Cc3ccccc3)[C@H](C(=O)N(CC=C)CCN3CCOCC3)[C@]23CC[C@H]1O3. The van der Waals surface area contributed by atoms with Crippen LogP contribution in [0.25, 0.3) is 0 Å². The number of hydrogen-bond acceptors (Lipinski definition) is 9. The van der Waals surface area contributed by atoms with Crippen LogP contribution in [0.3, 0.4) is 0 Å². The van der Waals surface area contributed by atoms with Crippen LogP contribution in [-0.4, -0.2) is 132 Å². The lowest BCUT2D eigenvalue weighted by molar-refractivity contribution is -0.160. The molecule has 4 aliphatic heterocycles. The third kappa shape index (κ3) is 7.51. The molecule has 0 aromatic heterocycles. The van der Waals surface area contributed by atoms with E-state index in [1.165, 1.54) is 4.90 Å². The van der Waals surface area contributed by atoms with E-state index in [1.807, 2.05) is 30.3 Å². The van der Waals surface area contributed by atoms with Crippen LogP contribution < -0.4 is 5.32 Å². The average Bonchev–Trinajstić information content (AvgIpc) is 3.75. The molecule has 0 radical (unpaired) electrons. The van der Waals surface area contributed by atoms with E-state index in [2.05, 4.69) is 23.4 Å². The average molecular weight is 667 g/mol. The van der Waals surface area contributed by atoms with Crippen LogP contribution in [0.4, 0.5) is 0 Å². The van der Waals surface area contributed by atoms with Crippen molar-refractivity contribution >= 4 is 23.7 Å². The molecule has 0 aliphatic carbocycles. The van der Waals surface area contributed by atoms with Crippen molar-refractivity contribution in [3.05, 3.63) is 61.2 Å². The second kappa shape index (κ2) is 16.2. The molecule has 7 atom stereocenters. The molecule has 3 amide bonds. The van der Waals surface area contributed by atoms with Gasteiger partial charge in [0.1, 0.15) is 17.7 Å². The zero-order valence-corrected chi connectivity index (χ0v) is 28.0. The molecule has 4 fully saturated rings. The van der Waals surface area contributed by atoms with Gasteiger partial charge in [-0.15, -0.1) is 13.2 Å². The second-order valence-corrected chi connectivity index (χ2v) is 13.2. The van der Waals surface area contributed by atoms with Crippen LogP contribution in [0.1, 0.15) is 38.2 Å². The number of nitrogens with zero attached hydrogens (tertiary/aromatic N) is 3. The van der Waals surface area contributed by atoms with Crippen molar-refractivity contribution < 1.29 is 38.5 Å². The quantitative estimate of drug-likeness (QED) is 0.186. The maximum atomic E-state index is 14.8. The van der Waals surface area contributed by atoms with Crippen LogP contribution in [0.5, 0.6) is 0 Å². The van der Waals surface area contributed by atoms with Gasteiger partial charge >= 0.3 is 5.97 Å². The summed E-state index contributed by atoms with van der Waals surface area (Å²) < 4.78 is 17.9. The number of morpholine rings is 1. The van der Waals surface area contributed by atoms with E-state index in [1.54, 1.807) is 24.0 Å². The van der Waals surface area contributed by atoms with Crippen molar-refractivity contribution in [1.82, 2.24) is 20.0 Å². The van der Waals surface area contributed by atoms with Gasteiger partial charge in [0, 0.05) is 39.1 Å². The zero-order chi connectivity index (χ0) is 34.3. The highest BCUT2D eigenvalue weighted by Crippen LogP contribution is 2.59. The number of esters is 1. The van der Waals surface area contributed by atoms with Gasteiger partial charge in [-0.05, 0) is 38.2 Å². The lowest BCUT2D eigenvalue weighted by atomic mass is 9.70. The van der Waals surface area contributed by atoms with Gasteiger partial charge in [0.15, 0.2) is 0 Å². The number of aliphatic hydroxyl groups is 1. The van der Waals surface area contributed by atoms with Gasteiger partial charge in [-0.2, -0.15) is 0 Å². The summed E-state index contributed by atoms with van der Waals surface area (Å²) in [5.41, 5.74) is -0.335. The fourth-order valence-electron chi connectivity index (χ4n) is 7.77. The number of rotatable bonds is 17. The fraction of sp³-hybridized carbons (Fsp3) is 0.611. The van der Waals surface area contributed by atoms with Gasteiger partial charge in [0.2, 0.25) is 17.7 Å². The Hall–Kier alpha value is -3.58. The number of aliphatic hydroxyl groups excluding tert-OH is 1. The Morgan fingerprint density at radius 3 is 2.62 bits per heavy atom. The topological polar surface area (TPSA) is 138 Å². The minimum Gasteiger partial charge on any atom is -0.460 e. The Bertz CT molecular complexity index is 1320. The van der Waals surface area contributed by atoms with Crippen molar-refractivity contribution in [1.29, 1.82) is 0 Å². The van der Waals surface area contributed by atoms with E-state index in [4.69, 9.17) is 14.2 Å². The number of carbonyl (C=O) groups is 4. The Kier molecular flexibility index (Phi) is 12.1. The maximum absolute atomic E-state index is 14.8. The number of hydrogen-bond donors (Lipinski definition) is 2. The fourth-order valence-corrected chi connectivity index (χ4v) is 7.77. The Labute approximate surface area is 283 Å². The van der Waals surface area contributed by atoms with E-state index in [0.29, 0.717) is 52.0 Å². The molecular formula is C36H50N4O8. The van der Waals surface area contributed by atoms with Crippen molar-refractivity contribution in [2.75, 3.05) is 59.1 Å². The molecule has 4 aliphatic rings. The molecule has 1 aromatic carbocycles. The number of allylic oxidation sites excluding steroid dienone is 1. The number of benzene rings is 1. The molecule has 2 bridgehead atoms. The smallest absolute Gasteiger partial charge is 0.312 e. The Morgan fingerprint density at radius 1 is 1.19 bits per heavy atom. The standard InChI is InChI=1S/C36H50N4O8/c1-4-6-12-29(42)37-23-25(3)47-35(45)30-28-13-14-36(48-28)31(30)33(43)40(27(24-41)22-26-10-8-7-9-11-26)32(36)34(44)39(15-5-2)17-16-38-18-20-46-21-19-38/h4-5,7-11,25,27-28,30-32,41H,1-2,6,12-24H2,3H3,(H,37,42)/t25-,27-,28-,30+,31+,32-,36+/m1/s1. The van der Waals surface area contributed by atoms with E-state index >= 15 is 0 Å². The Balaban J connectivity index is 1.41. The van der Waals surface area contributed by atoms with Crippen LogP contribution >= 0.6 is 0 Å². The number of ether oxygens (including phenoxy) is 3. The van der Waals surface area contributed by atoms with E-state index < -0.39 is 47.7 Å². The predicted molar refractivity (Wildman–Crippen MR) is 178 cm³/mol. The zero-order valence-electron chi connectivity index (χ0n) is 28.0. The van der Waals surface area contributed by atoms with Gasteiger partial charge in [-0.3, -0.25) is 24.1 Å². The van der Waals surface area contributed by atoms with E-state index in [9.17, 15) is 24.3 Å². The van der Waals surface area contributed by atoms with E-state index in [0.717, 1.165) is 18.7 Å². The highest BCUT2D eigenvalue weighted by atomic mass is 16.6. The molecule has 1 aromatic rings. The molecule has 262 valence electrons. The summed E-state index contributed by atoms with van der Waals surface area (Å²) in [7, 11) is 0. The highest BCUT2D eigenvalue weighted by Gasteiger charge is 2.75. The largest absolute Gasteiger partial charge is 0.460 e. The molecule has 48 heavy (non-hydrogen) atoms. The van der Waals surface area contributed by atoms with Gasteiger partial charge in [0.25, 0.3) is 0 Å². The third-order valence-electron chi connectivity index (χ3n) is 10.1. The summed E-state index contributed by atoms with van der Waals surface area (Å²) in [6.45, 7) is 13.1. The molecule has 0 saturated carbocycles. The van der Waals surface area contributed by atoms with E-state index in [-0.39, 0.29) is 43.8 Å². The first kappa shape index (κ1) is 35.7. The first-order chi connectivity index (χ1) is 23.2. The summed E-state index contributed by atoms with van der Waals surface area (Å²) in [6, 6.07) is 7.77. The normalized spacial score (nSPS) is 27.6. The lowest BCUT2D eigenvalue weighted by Crippen LogP contribution is -2.59. The van der Waals surface area contributed by atoms with Gasteiger partial charge in [0.05, 0.1) is 50.3 Å². The third-order valence-corrected chi connectivity index (χ3v) is 10.1. The van der Waals surface area contributed by atoms with Crippen molar-refractivity contribution in [2.45, 2.75) is 68.9 Å². The van der Waals surface area contributed by atoms with Crippen LogP contribution in [-0.2, 0) is 39.8 Å². The molecule has 0 unspecified atom stereocenters. The minimum atomic E-state index is -1.24. The number of likely N-dealkylation sites (tertiary alicyclic amines) is 1. The molecule has 2 N–H and O–H groups in total. The summed E-state index contributed by atoms with van der Waals surface area (Å²) in [6.07, 6.45) is 4.18. The molecule has 5 rings (SSSR count). The minimum absolute atomic E-state index is 0.125. The van der Waals surface area contributed by atoms with Crippen LogP contribution in [0, 0.1) is 11.8 Å². The van der Waals surface area contributed by atoms with Crippen molar-refractivity contribution in [2.24, 2.45) is 11.8 Å². The predicted octanol–water partition coefficient (Wildman–Crippen LogP) is 1.33. The van der Waals surface area contributed by atoms with Gasteiger partial charge in [-0.1, -0.05) is 42.5 Å². The highest BCUT2D eigenvalue weighted by molar-refractivity contribution is 5.98. The lowest BCUT2D eigenvalue weighted by Gasteiger charge is -2.40. The number of carbonyl (C=O) groups excluding carboxylic acids is 4. The van der Waals surface area contributed by atoms with Crippen molar-refractivity contribution in [3.63, 3.8) is 0 Å². The molecule has 1 spiro atoms. The second-order valence-electron chi connectivity index (χ2n) is 13.2. The van der Waals surface area contributed by atoms with Crippen LogP contribution in [0.2, 0.25) is 0 Å². The Morgan fingerprint density at radius 2 is 1.94 bits per heavy atom. The molecule has 4 heterocycles. The van der Waals surface area contributed by atoms with Crippen molar-refractivity contribution in [3.8, 4) is 0 Å². The molecule has 12 nitrogen and oxygen atoms in total. The summed E-state index contributed by atoms with van der Waals surface area (Å²) in [5, 5.41) is 13.5. The molecular weight excluding hydrogens is 616 g/mol. The number of nitrogens with one attached hydrogen (secondary N) is 1. The first-order valence-electron chi connectivity index (χ1n) is 17.2. The summed E-state index contributed by atoms with van der Waals surface area (Å²) >= 11 is 0. The van der Waals surface area contributed by atoms with Gasteiger partial charge in [-0.25, -0.2) is 0 Å². The first-order valence-corrected chi connectivity index (χ1v) is 17.2.